The van der Waals surface area contributed by atoms with Gasteiger partial charge in [-0.2, -0.15) is 5.10 Å². The number of carbonyl (C=O) groups excluding carboxylic acids is 1. The first-order chi connectivity index (χ1) is 12.6. The normalized spacial score (nSPS) is 10.5. The van der Waals surface area contributed by atoms with Gasteiger partial charge in [-0.25, -0.2) is 9.07 Å². The van der Waals surface area contributed by atoms with Gasteiger partial charge >= 0.3 is 0 Å². The van der Waals surface area contributed by atoms with Gasteiger partial charge in [0.1, 0.15) is 23.9 Å². The maximum absolute atomic E-state index is 14.2. The Morgan fingerprint density at radius 3 is 2.85 bits per heavy atom. The minimum absolute atomic E-state index is 0.202. The molecule has 0 bridgehead atoms. The summed E-state index contributed by atoms with van der Waals surface area (Å²) in [6.45, 7) is -0.0848. The molecule has 0 saturated heterocycles. The molecule has 7 nitrogen and oxygen atoms in total. The van der Waals surface area contributed by atoms with E-state index in [-0.39, 0.29) is 24.3 Å². The Morgan fingerprint density at radius 1 is 1.31 bits per heavy atom. The van der Waals surface area contributed by atoms with Crippen molar-refractivity contribution in [3.05, 3.63) is 70.7 Å². The third-order valence-electron chi connectivity index (χ3n) is 3.65. The average molecular weight is 357 g/mol. The second-order valence-corrected chi connectivity index (χ2v) is 5.42. The molecule has 0 aliphatic carbocycles. The fraction of sp³-hybridized carbons (Fsp3) is 0.167. The Balaban J connectivity index is 1.77. The summed E-state index contributed by atoms with van der Waals surface area (Å²) in [6, 6.07) is 10.4. The molecule has 1 amide bonds. The molecule has 0 spiro atoms. The molecule has 3 aromatic rings. The Morgan fingerprint density at radius 2 is 2.15 bits per heavy atom. The summed E-state index contributed by atoms with van der Waals surface area (Å²) in [5.74, 6) is 0.0114. The zero-order valence-corrected chi connectivity index (χ0v) is 13.9. The molecule has 0 saturated carbocycles. The van der Waals surface area contributed by atoms with Crippen LogP contribution in [0.2, 0.25) is 0 Å². The van der Waals surface area contributed by atoms with Crippen LogP contribution in [0.3, 0.4) is 0 Å². The van der Waals surface area contributed by atoms with Crippen molar-refractivity contribution in [3.63, 3.8) is 0 Å². The van der Waals surface area contributed by atoms with Crippen molar-refractivity contribution < 1.29 is 18.3 Å². The average Bonchev–Trinajstić information content (AvgIpc) is 3.15. The van der Waals surface area contributed by atoms with E-state index in [1.54, 1.807) is 18.2 Å². The molecule has 1 aromatic carbocycles. The van der Waals surface area contributed by atoms with Gasteiger partial charge in [-0.05, 0) is 30.3 Å². The van der Waals surface area contributed by atoms with Crippen LogP contribution >= 0.6 is 0 Å². The molecule has 134 valence electrons. The zero-order valence-electron chi connectivity index (χ0n) is 13.9. The van der Waals surface area contributed by atoms with Crippen molar-refractivity contribution >= 4 is 5.91 Å². The van der Waals surface area contributed by atoms with Crippen molar-refractivity contribution in [1.82, 2.24) is 15.1 Å². The first-order valence-electron chi connectivity index (χ1n) is 7.78. The van der Waals surface area contributed by atoms with Crippen LogP contribution in [0.25, 0.3) is 11.3 Å². The monoisotopic (exact) mass is 357 g/mol. The van der Waals surface area contributed by atoms with Crippen LogP contribution in [0.15, 0.2) is 57.9 Å². The molecule has 0 unspecified atom stereocenters. The number of hydrogen-bond acceptors (Lipinski definition) is 5. The van der Waals surface area contributed by atoms with Gasteiger partial charge in [0.05, 0.1) is 25.6 Å². The summed E-state index contributed by atoms with van der Waals surface area (Å²) < 4.78 is 25.3. The van der Waals surface area contributed by atoms with Crippen molar-refractivity contribution in [1.29, 1.82) is 0 Å². The number of nitrogens with one attached hydrogen (secondary N) is 1. The predicted molar refractivity (Wildman–Crippen MR) is 91.0 cm³/mol. The first kappa shape index (κ1) is 17.4. The molecule has 1 N–H and O–H groups in total. The zero-order chi connectivity index (χ0) is 18.5. The van der Waals surface area contributed by atoms with E-state index >= 15 is 0 Å². The van der Waals surface area contributed by atoms with Gasteiger partial charge in [-0.1, -0.05) is 0 Å². The largest absolute Gasteiger partial charge is 0.497 e. The highest BCUT2D eigenvalue weighted by molar-refractivity contribution is 5.75. The van der Waals surface area contributed by atoms with E-state index in [9.17, 15) is 14.0 Å². The number of aromatic nitrogens is 2. The quantitative estimate of drug-likeness (QED) is 0.729. The van der Waals surface area contributed by atoms with Gasteiger partial charge in [0.15, 0.2) is 0 Å². The van der Waals surface area contributed by atoms with E-state index in [1.165, 1.54) is 37.6 Å². The number of rotatable bonds is 6. The third-order valence-corrected chi connectivity index (χ3v) is 3.65. The van der Waals surface area contributed by atoms with E-state index in [2.05, 4.69) is 10.4 Å². The van der Waals surface area contributed by atoms with Crippen molar-refractivity contribution in [2.24, 2.45) is 0 Å². The number of furan rings is 1. The number of carbonyl (C=O) groups is 1. The van der Waals surface area contributed by atoms with E-state index in [1.807, 2.05) is 0 Å². The lowest BCUT2D eigenvalue weighted by Crippen LogP contribution is -2.33. The highest BCUT2D eigenvalue weighted by Crippen LogP contribution is 2.23. The Kier molecular flexibility index (Phi) is 5.12. The molecule has 0 atom stereocenters. The lowest BCUT2D eigenvalue weighted by molar-refractivity contribution is -0.122. The summed E-state index contributed by atoms with van der Waals surface area (Å²) >= 11 is 0. The van der Waals surface area contributed by atoms with Crippen LogP contribution in [0.1, 0.15) is 5.76 Å². The summed E-state index contributed by atoms with van der Waals surface area (Å²) in [7, 11) is 1.44. The molecule has 8 heteroatoms. The highest BCUT2D eigenvalue weighted by atomic mass is 19.1. The Hall–Kier alpha value is -3.42. The van der Waals surface area contributed by atoms with Crippen LogP contribution in [-0.2, 0) is 17.9 Å². The second-order valence-electron chi connectivity index (χ2n) is 5.42. The number of amides is 1. The maximum atomic E-state index is 14.2. The van der Waals surface area contributed by atoms with Gasteiger partial charge in [0, 0.05) is 17.7 Å². The molecule has 3 rings (SSSR count). The standard InChI is InChI=1S/C18H16FN3O4/c1-25-12-4-5-14(15(19)9-12)16-6-7-18(24)22(21-16)11-17(23)20-10-13-3-2-8-26-13/h2-9H,10-11H2,1H3,(H,20,23). The van der Waals surface area contributed by atoms with Crippen LogP contribution in [0.5, 0.6) is 5.75 Å². The fourth-order valence-corrected chi connectivity index (χ4v) is 2.33. The molecule has 2 heterocycles. The summed E-state index contributed by atoms with van der Waals surface area (Å²) in [4.78, 5) is 24.0. The second kappa shape index (κ2) is 7.64. The predicted octanol–water partition coefficient (Wildman–Crippen LogP) is 1.97. The fourth-order valence-electron chi connectivity index (χ4n) is 2.33. The molecule has 26 heavy (non-hydrogen) atoms. The van der Waals surface area contributed by atoms with Gasteiger partial charge in [-0.15, -0.1) is 0 Å². The van der Waals surface area contributed by atoms with Crippen molar-refractivity contribution in [2.75, 3.05) is 7.11 Å². The molecular formula is C18H16FN3O4. The SMILES string of the molecule is COc1ccc(-c2ccc(=O)n(CC(=O)NCc3ccco3)n2)c(F)c1. The van der Waals surface area contributed by atoms with Crippen LogP contribution in [0.4, 0.5) is 4.39 Å². The van der Waals surface area contributed by atoms with Crippen LogP contribution in [-0.4, -0.2) is 22.8 Å². The Labute approximate surface area is 148 Å². The van der Waals surface area contributed by atoms with Crippen LogP contribution < -0.4 is 15.6 Å². The molecule has 0 radical (unpaired) electrons. The number of ether oxygens (including phenoxy) is 1. The Bertz CT molecular complexity index is 967. The van der Waals surface area contributed by atoms with E-state index in [4.69, 9.17) is 9.15 Å². The summed E-state index contributed by atoms with van der Waals surface area (Å²) in [6.07, 6.45) is 1.50. The molecule has 2 aromatic heterocycles. The molecule has 0 fully saturated rings. The lowest BCUT2D eigenvalue weighted by Gasteiger charge is -2.09. The van der Waals surface area contributed by atoms with Crippen molar-refractivity contribution in [3.8, 4) is 17.0 Å². The molecular weight excluding hydrogens is 341 g/mol. The number of hydrogen-bond donors (Lipinski definition) is 1. The van der Waals surface area contributed by atoms with Crippen molar-refractivity contribution in [2.45, 2.75) is 13.1 Å². The van der Waals surface area contributed by atoms with Gasteiger partial charge < -0.3 is 14.5 Å². The summed E-state index contributed by atoms with van der Waals surface area (Å²) in [5, 5.41) is 6.71. The minimum Gasteiger partial charge on any atom is -0.497 e. The number of nitrogens with zero attached hydrogens (tertiary/aromatic N) is 2. The van der Waals surface area contributed by atoms with E-state index < -0.39 is 17.3 Å². The molecule has 0 aliphatic heterocycles. The third kappa shape index (κ3) is 3.97. The maximum Gasteiger partial charge on any atom is 0.267 e. The van der Waals surface area contributed by atoms with Gasteiger partial charge in [0.25, 0.3) is 5.56 Å². The lowest BCUT2D eigenvalue weighted by atomic mass is 10.1. The highest BCUT2D eigenvalue weighted by Gasteiger charge is 2.12. The van der Waals surface area contributed by atoms with E-state index in [0.29, 0.717) is 11.5 Å². The molecule has 0 aliphatic rings. The van der Waals surface area contributed by atoms with E-state index in [0.717, 1.165) is 4.68 Å². The first-order valence-corrected chi connectivity index (χ1v) is 7.78. The minimum atomic E-state index is -0.538. The number of benzene rings is 1. The topological polar surface area (TPSA) is 86.4 Å². The van der Waals surface area contributed by atoms with Gasteiger partial charge in [0.2, 0.25) is 5.91 Å². The van der Waals surface area contributed by atoms with Crippen LogP contribution in [0, 0.1) is 5.82 Å². The number of halogens is 1. The smallest absolute Gasteiger partial charge is 0.267 e. The van der Waals surface area contributed by atoms with Gasteiger partial charge in [-0.3, -0.25) is 9.59 Å². The number of methoxy groups -OCH3 is 1. The summed E-state index contributed by atoms with van der Waals surface area (Å²) in [5.41, 5.74) is -0.0186.